The van der Waals surface area contributed by atoms with E-state index < -0.39 is 0 Å². The summed E-state index contributed by atoms with van der Waals surface area (Å²) in [4.78, 5) is 18.9. The van der Waals surface area contributed by atoms with Crippen molar-refractivity contribution in [1.29, 1.82) is 0 Å². The molecule has 0 saturated carbocycles. The average molecular weight is 406 g/mol. The highest BCUT2D eigenvalue weighted by Crippen LogP contribution is 2.23. The van der Waals surface area contributed by atoms with Crippen molar-refractivity contribution in [2.24, 2.45) is 0 Å². The molecule has 1 aliphatic heterocycles. The minimum absolute atomic E-state index is 0.185. The molecule has 1 atom stereocenters. The second-order valence-electron chi connectivity index (χ2n) is 7.39. The number of nitrogens with one attached hydrogen (secondary N) is 2. The lowest BCUT2D eigenvalue weighted by Crippen LogP contribution is -2.35. The molecule has 3 aromatic rings. The number of aromatic amines is 1. The van der Waals surface area contributed by atoms with Crippen LogP contribution in [0.15, 0.2) is 60.7 Å². The van der Waals surface area contributed by atoms with Crippen molar-refractivity contribution in [1.82, 2.24) is 25.4 Å². The van der Waals surface area contributed by atoms with Gasteiger partial charge in [-0.3, -0.25) is 9.89 Å². The number of carbonyl (C=O) groups excluding carboxylic acids is 1. The van der Waals surface area contributed by atoms with Crippen LogP contribution in [0.5, 0.6) is 5.75 Å². The molecule has 0 aliphatic carbocycles. The molecule has 2 N–H and O–H groups in total. The first kappa shape index (κ1) is 20.1. The molecular weight excluding hydrogens is 378 g/mol. The predicted molar refractivity (Wildman–Crippen MR) is 115 cm³/mol. The highest BCUT2D eigenvalue weighted by molar-refractivity contribution is 5.78. The molecule has 1 unspecified atom stereocenters. The molecule has 1 amide bonds. The molecule has 7 heteroatoms. The fourth-order valence-electron chi connectivity index (χ4n) is 3.71. The molecule has 7 nitrogen and oxygen atoms in total. The molecule has 2 heterocycles. The van der Waals surface area contributed by atoms with E-state index in [2.05, 4.69) is 20.5 Å². The Kier molecular flexibility index (Phi) is 6.72. The van der Waals surface area contributed by atoms with Gasteiger partial charge in [0.25, 0.3) is 0 Å². The van der Waals surface area contributed by atoms with Crippen LogP contribution in [0.2, 0.25) is 0 Å². The van der Waals surface area contributed by atoms with Crippen molar-refractivity contribution >= 4 is 5.91 Å². The van der Waals surface area contributed by atoms with Gasteiger partial charge >= 0.3 is 0 Å². The van der Waals surface area contributed by atoms with E-state index in [4.69, 9.17) is 4.74 Å². The van der Waals surface area contributed by atoms with Crippen molar-refractivity contribution in [2.45, 2.75) is 31.8 Å². The molecule has 1 aliphatic rings. The van der Waals surface area contributed by atoms with Crippen molar-refractivity contribution in [3.05, 3.63) is 66.5 Å². The van der Waals surface area contributed by atoms with Gasteiger partial charge in [0, 0.05) is 24.6 Å². The van der Waals surface area contributed by atoms with E-state index in [9.17, 15) is 4.79 Å². The first-order chi connectivity index (χ1) is 14.8. The molecule has 2 aromatic carbocycles. The molecule has 0 spiro atoms. The molecule has 0 bridgehead atoms. The van der Waals surface area contributed by atoms with Crippen molar-refractivity contribution in [2.75, 3.05) is 19.7 Å². The first-order valence-electron chi connectivity index (χ1n) is 10.4. The minimum Gasteiger partial charge on any atom is -0.492 e. The van der Waals surface area contributed by atoms with Gasteiger partial charge in [-0.25, -0.2) is 4.98 Å². The van der Waals surface area contributed by atoms with Gasteiger partial charge in [-0.15, -0.1) is 0 Å². The number of rotatable bonds is 10. The highest BCUT2D eigenvalue weighted by Gasteiger charge is 2.31. The number of ether oxygens (including phenoxy) is 1. The first-order valence-corrected chi connectivity index (χ1v) is 10.4. The summed E-state index contributed by atoms with van der Waals surface area (Å²) in [5.41, 5.74) is 0.964. The number of para-hydroxylation sites is 1. The maximum absolute atomic E-state index is 12.4. The summed E-state index contributed by atoms with van der Waals surface area (Å²) < 4.78 is 5.69. The lowest BCUT2D eigenvalue weighted by Gasteiger charge is -2.24. The van der Waals surface area contributed by atoms with Crippen LogP contribution in [0.4, 0.5) is 0 Å². The Balaban J connectivity index is 1.22. The fourth-order valence-corrected chi connectivity index (χ4v) is 3.71. The van der Waals surface area contributed by atoms with Crippen LogP contribution in [0.1, 0.15) is 25.1 Å². The normalized spacial score (nSPS) is 16.2. The van der Waals surface area contributed by atoms with Crippen LogP contribution >= 0.6 is 0 Å². The Morgan fingerprint density at radius 3 is 2.63 bits per heavy atom. The molecular formula is C23H27N5O2. The van der Waals surface area contributed by atoms with Crippen LogP contribution in [0.3, 0.4) is 0 Å². The number of carbonyl (C=O) groups is 1. The van der Waals surface area contributed by atoms with E-state index in [-0.39, 0.29) is 11.9 Å². The number of hydrogen-bond donors (Lipinski definition) is 2. The number of H-pyrrole nitrogens is 1. The second kappa shape index (κ2) is 10.0. The van der Waals surface area contributed by atoms with E-state index in [1.165, 1.54) is 0 Å². The molecule has 0 radical (unpaired) electrons. The third kappa shape index (κ3) is 5.24. The zero-order valence-electron chi connectivity index (χ0n) is 17.0. The molecule has 156 valence electrons. The predicted octanol–water partition coefficient (Wildman–Crippen LogP) is 3.02. The second-order valence-corrected chi connectivity index (χ2v) is 7.39. The van der Waals surface area contributed by atoms with Gasteiger partial charge in [0.1, 0.15) is 18.2 Å². The van der Waals surface area contributed by atoms with Gasteiger partial charge < -0.3 is 15.0 Å². The number of nitrogens with zero attached hydrogens (tertiary/aromatic N) is 3. The lowest BCUT2D eigenvalue weighted by atomic mass is 10.1. The fraction of sp³-hybridized carbons (Fsp3) is 0.348. The number of aromatic nitrogens is 3. The van der Waals surface area contributed by atoms with E-state index >= 15 is 0 Å². The Hall–Kier alpha value is -3.19. The number of likely N-dealkylation sites (tertiary alicyclic amines) is 1. The van der Waals surface area contributed by atoms with Gasteiger partial charge in [-0.2, -0.15) is 5.10 Å². The third-order valence-corrected chi connectivity index (χ3v) is 5.28. The maximum atomic E-state index is 12.4. The summed E-state index contributed by atoms with van der Waals surface area (Å²) in [5, 5.41) is 10.7. The third-order valence-electron chi connectivity index (χ3n) is 5.28. The van der Waals surface area contributed by atoms with Crippen molar-refractivity contribution in [3.63, 3.8) is 0 Å². The van der Waals surface area contributed by atoms with E-state index in [1.807, 2.05) is 65.6 Å². The summed E-state index contributed by atoms with van der Waals surface area (Å²) in [6, 6.07) is 19.9. The van der Waals surface area contributed by atoms with E-state index in [1.54, 1.807) is 0 Å². The standard InChI is InChI=1S/C23H27N5O2/c29-22-12-11-19(13-14-24-15-16-30-20-9-5-2-6-10-20)28(22)17-21-25-23(27-26-21)18-7-3-1-4-8-18/h1-10,19,24H,11-17H2,(H,25,26,27). The quantitative estimate of drug-likeness (QED) is 0.507. The van der Waals surface area contributed by atoms with Gasteiger partial charge in [0.15, 0.2) is 5.82 Å². The Bertz CT molecular complexity index is 929. The van der Waals surface area contributed by atoms with Crippen molar-refractivity contribution in [3.8, 4) is 17.1 Å². The molecule has 1 fully saturated rings. The smallest absolute Gasteiger partial charge is 0.223 e. The van der Waals surface area contributed by atoms with Crippen LogP contribution in [-0.4, -0.2) is 51.7 Å². The Morgan fingerprint density at radius 2 is 1.83 bits per heavy atom. The van der Waals surface area contributed by atoms with E-state index in [0.717, 1.165) is 43.1 Å². The number of amides is 1. The highest BCUT2D eigenvalue weighted by atomic mass is 16.5. The summed E-state index contributed by atoms with van der Waals surface area (Å²) in [6.07, 6.45) is 2.40. The Morgan fingerprint density at radius 1 is 1.07 bits per heavy atom. The molecule has 1 saturated heterocycles. The molecule has 30 heavy (non-hydrogen) atoms. The average Bonchev–Trinajstić information content (AvgIpc) is 3.40. The molecule has 4 rings (SSSR count). The van der Waals surface area contributed by atoms with Crippen LogP contribution in [0.25, 0.3) is 11.4 Å². The zero-order valence-corrected chi connectivity index (χ0v) is 17.0. The Labute approximate surface area is 176 Å². The zero-order chi connectivity index (χ0) is 20.6. The number of benzene rings is 2. The van der Waals surface area contributed by atoms with Crippen LogP contribution in [-0.2, 0) is 11.3 Å². The van der Waals surface area contributed by atoms with Gasteiger partial charge in [0.2, 0.25) is 5.91 Å². The largest absolute Gasteiger partial charge is 0.492 e. The van der Waals surface area contributed by atoms with Gasteiger partial charge in [0.05, 0.1) is 6.54 Å². The van der Waals surface area contributed by atoms with Gasteiger partial charge in [-0.1, -0.05) is 48.5 Å². The van der Waals surface area contributed by atoms with E-state index in [0.29, 0.717) is 25.4 Å². The maximum Gasteiger partial charge on any atom is 0.223 e. The topological polar surface area (TPSA) is 83.1 Å². The number of hydrogen-bond acceptors (Lipinski definition) is 5. The molecule has 1 aromatic heterocycles. The summed E-state index contributed by atoms with van der Waals surface area (Å²) >= 11 is 0. The SMILES string of the molecule is O=C1CCC(CCNCCOc2ccccc2)N1Cc1nc(-c2ccccc2)n[nH]1. The minimum atomic E-state index is 0.185. The van der Waals surface area contributed by atoms with Crippen LogP contribution in [0, 0.1) is 0 Å². The summed E-state index contributed by atoms with van der Waals surface area (Å²) in [5.74, 6) is 2.45. The summed E-state index contributed by atoms with van der Waals surface area (Å²) in [7, 11) is 0. The monoisotopic (exact) mass is 405 g/mol. The lowest BCUT2D eigenvalue weighted by molar-refractivity contribution is -0.129. The summed E-state index contributed by atoms with van der Waals surface area (Å²) in [6.45, 7) is 2.72. The van der Waals surface area contributed by atoms with Gasteiger partial charge in [-0.05, 0) is 31.5 Å². The van der Waals surface area contributed by atoms with Crippen molar-refractivity contribution < 1.29 is 9.53 Å². The van der Waals surface area contributed by atoms with Crippen LogP contribution < -0.4 is 10.1 Å².